The molecule has 0 fully saturated rings. The first-order valence-electron chi connectivity index (χ1n) is 11.9. The molecular formula is C27H29BrCl4N6O3. The molecule has 0 spiro atoms. The Bertz CT molecular complexity index is 1550. The predicted octanol–water partition coefficient (Wildman–Crippen LogP) is 6.99. The molecular weight excluding hydrogens is 678 g/mol. The van der Waals surface area contributed by atoms with E-state index in [1.165, 1.54) is 4.90 Å². The predicted molar refractivity (Wildman–Crippen MR) is 174 cm³/mol. The summed E-state index contributed by atoms with van der Waals surface area (Å²) in [6.45, 7) is 1.71. The maximum atomic E-state index is 12.9. The van der Waals surface area contributed by atoms with E-state index in [1.54, 1.807) is 25.2 Å². The average Bonchev–Trinajstić information content (AvgIpc) is 3.20. The largest absolute Gasteiger partial charge is 0.485 e. The molecule has 4 rings (SSSR count). The summed E-state index contributed by atoms with van der Waals surface area (Å²) >= 11 is 16.7. The van der Waals surface area contributed by atoms with Gasteiger partial charge in [-0.15, -0.1) is 24.8 Å². The number of aryl methyl sites for hydroxylation is 1. The second-order valence-corrected chi connectivity index (χ2v) is 10.4. The Morgan fingerprint density at radius 3 is 2.51 bits per heavy atom. The Morgan fingerprint density at radius 1 is 1.07 bits per heavy atom. The smallest absolute Gasteiger partial charge is 0.319 e. The minimum absolute atomic E-state index is 0. The van der Waals surface area contributed by atoms with Crippen LogP contribution in [0.4, 0.5) is 21.9 Å². The lowest BCUT2D eigenvalue weighted by Crippen LogP contribution is -2.40. The summed E-state index contributed by atoms with van der Waals surface area (Å²) < 4.78 is 8.76. The minimum atomic E-state index is -0.501. The molecule has 0 aliphatic carbocycles. The number of imidazole rings is 1. The first kappa shape index (κ1) is 34.3. The molecule has 2 aromatic carbocycles. The summed E-state index contributed by atoms with van der Waals surface area (Å²) in [6.07, 6.45) is 1.88. The lowest BCUT2D eigenvalue weighted by Gasteiger charge is -2.21. The third-order valence-corrected chi connectivity index (χ3v) is 7.74. The fourth-order valence-electron chi connectivity index (χ4n) is 3.81. The van der Waals surface area contributed by atoms with Crippen LogP contribution >= 0.6 is 63.9 Å². The summed E-state index contributed by atoms with van der Waals surface area (Å²) in [5, 5.41) is 5.99. The third-order valence-electron chi connectivity index (χ3n) is 6.01. The normalized spacial score (nSPS) is 10.3. The number of benzene rings is 2. The van der Waals surface area contributed by atoms with Crippen LogP contribution in [0.1, 0.15) is 11.3 Å². The number of hydrogen-bond donors (Lipinski definition) is 2. The van der Waals surface area contributed by atoms with E-state index in [2.05, 4.69) is 31.5 Å². The highest BCUT2D eigenvalue weighted by Crippen LogP contribution is 2.35. The monoisotopic (exact) mass is 704 g/mol. The highest BCUT2D eigenvalue weighted by atomic mass is 79.9. The van der Waals surface area contributed by atoms with Gasteiger partial charge in [0.05, 0.1) is 22.9 Å². The van der Waals surface area contributed by atoms with Gasteiger partial charge in [-0.2, -0.15) is 0 Å². The van der Waals surface area contributed by atoms with Crippen LogP contribution in [0.5, 0.6) is 5.75 Å². The van der Waals surface area contributed by atoms with E-state index in [-0.39, 0.29) is 48.9 Å². The van der Waals surface area contributed by atoms with Gasteiger partial charge in [-0.1, -0.05) is 29.3 Å². The van der Waals surface area contributed by atoms with Gasteiger partial charge in [0.15, 0.2) is 11.4 Å². The van der Waals surface area contributed by atoms with Gasteiger partial charge in [0.1, 0.15) is 11.2 Å². The van der Waals surface area contributed by atoms with Crippen molar-refractivity contribution >= 4 is 98.6 Å². The zero-order chi connectivity index (χ0) is 28.3. The molecule has 0 radical (unpaired) electrons. The van der Waals surface area contributed by atoms with Crippen LogP contribution in [-0.2, 0) is 11.4 Å². The Kier molecular flexibility index (Phi) is 12.4. The molecule has 0 aliphatic rings. The second-order valence-electron chi connectivity index (χ2n) is 8.91. The van der Waals surface area contributed by atoms with Gasteiger partial charge >= 0.3 is 6.03 Å². The molecule has 0 bridgehead atoms. The van der Waals surface area contributed by atoms with E-state index in [1.807, 2.05) is 66.8 Å². The number of amides is 3. The molecule has 0 atom stereocenters. The van der Waals surface area contributed by atoms with Crippen LogP contribution in [0, 0.1) is 6.92 Å². The third kappa shape index (κ3) is 7.90. The van der Waals surface area contributed by atoms with Crippen molar-refractivity contribution in [2.45, 2.75) is 13.5 Å². The van der Waals surface area contributed by atoms with Crippen molar-refractivity contribution in [2.24, 2.45) is 0 Å². The highest BCUT2D eigenvalue weighted by molar-refractivity contribution is 9.10. The number of likely N-dealkylation sites (N-methyl/N-ethyl adjacent to an activating group) is 1. The lowest BCUT2D eigenvalue weighted by molar-refractivity contribution is -0.117. The van der Waals surface area contributed by atoms with Crippen LogP contribution < -0.4 is 25.2 Å². The number of halogens is 5. The topological polar surface area (TPSA) is 91.2 Å². The van der Waals surface area contributed by atoms with Crippen LogP contribution in [0.25, 0.3) is 5.65 Å². The molecule has 4 aromatic rings. The Hall–Kier alpha value is -2.89. The number of nitrogens with zero attached hydrogens (tertiary/aromatic N) is 4. The number of rotatable bonds is 8. The van der Waals surface area contributed by atoms with E-state index in [0.29, 0.717) is 33.4 Å². The number of fused-ring (bicyclic) bond motifs is 1. The van der Waals surface area contributed by atoms with Crippen molar-refractivity contribution in [3.05, 3.63) is 80.6 Å². The number of ether oxygens (including phenoxy) is 1. The quantitative estimate of drug-likeness (QED) is 0.206. The zero-order valence-corrected chi connectivity index (χ0v) is 27.3. The maximum absolute atomic E-state index is 12.9. The molecule has 14 heteroatoms. The summed E-state index contributed by atoms with van der Waals surface area (Å²) in [6, 6.07) is 13.8. The molecule has 3 amide bonds. The van der Waals surface area contributed by atoms with Gasteiger partial charge in [0.2, 0.25) is 5.91 Å². The number of hydrogen-bond acceptors (Lipinski definition) is 5. The van der Waals surface area contributed by atoms with E-state index in [4.69, 9.17) is 27.9 Å². The Balaban J connectivity index is 0.00000294. The summed E-state index contributed by atoms with van der Waals surface area (Å²) in [4.78, 5) is 33.1. The summed E-state index contributed by atoms with van der Waals surface area (Å²) in [5.41, 5.74) is 3.97. The molecule has 2 heterocycles. The number of anilines is 3. The van der Waals surface area contributed by atoms with Crippen molar-refractivity contribution in [3.8, 4) is 5.75 Å². The van der Waals surface area contributed by atoms with Gasteiger partial charge in [-0.05, 0) is 65.3 Å². The number of carbonyl (C=O) groups excluding carboxylic acids is 2. The van der Waals surface area contributed by atoms with Crippen molar-refractivity contribution in [2.75, 3.05) is 42.8 Å². The van der Waals surface area contributed by atoms with Crippen molar-refractivity contribution in [1.82, 2.24) is 14.7 Å². The first-order valence-corrected chi connectivity index (χ1v) is 13.4. The van der Waals surface area contributed by atoms with Crippen LogP contribution in [-0.4, -0.2) is 49.0 Å². The first-order chi connectivity index (χ1) is 18.6. The van der Waals surface area contributed by atoms with E-state index in [9.17, 15) is 9.59 Å². The van der Waals surface area contributed by atoms with Crippen molar-refractivity contribution in [1.29, 1.82) is 0 Å². The molecule has 0 saturated carbocycles. The summed E-state index contributed by atoms with van der Waals surface area (Å²) in [7, 11) is 5.40. The second kappa shape index (κ2) is 14.8. The number of nitrogens with one attached hydrogen (secondary N) is 2. The molecule has 2 aromatic heterocycles. The molecule has 0 saturated heterocycles. The SMILES string of the molecule is Cc1nc2c(OCc3c(Cl)ccc(N(C)C(=O)CNC(=O)Nc4cccc(N(C)C)c4)c3Cl)cccn2c1Br.Cl.Cl. The Labute approximate surface area is 269 Å². The van der Waals surface area contributed by atoms with Crippen LogP contribution in [0.2, 0.25) is 10.0 Å². The maximum Gasteiger partial charge on any atom is 0.319 e. The average molecular weight is 707 g/mol. The zero-order valence-electron chi connectivity index (χ0n) is 22.6. The van der Waals surface area contributed by atoms with Crippen molar-refractivity contribution < 1.29 is 14.3 Å². The number of pyridine rings is 1. The molecule has 9 nitrogen and oxygen atoms in total. The Morgan fingerprint density at radius 2 is 1.80 bits per heavy atom. The van der Waals surface area contributed by atoms with Crippen LogP contribution in [0.3, 0.4) is 0 Å². The van der Waals surface area contributed by atoms with Gasteiger partial charge in [-0.25, -0.2) is 9.78 Å². The number of aromatic nitrogens is 2. The fraction of sp³-hybridized carbons (Fsp3) is 0.222. The van der Waals surface area contributed by atoms with E-state index >= 15 is 0 Å². The standard InChI is InChI=1S/C27H27BrCl2N6O3.2ClH/c1-16-25(28)36-12-6-9-22(26(36)32-16)39-15-19-20(29)10-11-21(24(19)30)35(4)23(37)14-31-27(38)33-17-7-5-8-18(13-17)34(2)3;;/h5-13H,14-15H2,1-4H3,(H2,31,33,38);2*1H. The van der Waals surface area contributed by atoms with E-state index < -0.39 is 6.03 Å². The summed E-state index contributed by atoms with van der Waals surface area (Å²) in [5.74, 6) is 0.186. The van der Waals surface area contributed by atoms with E-state index in [0.717, 1.165) is 16.0 Å². The lowest BCUT2D eigenvalue weighted by atomic mass is 10.2. The minimum Gasteiger partial charge on any atom is -0.485 e. The van der Waals surface area contributed by atoms with Gasteiger partial charge in [0.25, 0.3) is 0 Å². The van der Waals surface area contributed by atoms with Gasteiger partial charge in [-0.3, -0.25) is 9.20 Å². The van der Waals surface area contributed by atoms with Crippen molar-refractivity contribution in [3.63, 3.8) is 0 Å². The highest BCUT2D eigenvalue weighted by Gasteiger charge is 2.20. The van der Waals surface area contributed by atoms with Gasteiger partial charge < -0.3 is 25.2 Å². The molecule has 220 valence electrons. The molecule has 0 aliphatic heterocycles. The fourth-order valence-corrected chi connectivity index (χ4v) is 4.79. The molecule has 2 N–H and O–H groups in total. The number of carbonyl (C=O) groups is 2. The van der Waals surface area contributed by atoms with Gasteiger partial charge in [0, 0.05) is 49.3 Å². The molecule has 0 unspecified atom stereocenters. The van der Waals surface area contributed by atoms with Crippen LogP contribution in [0.15, 0.2) is 59.3 Å². The molecule has 41 heavy (non-hydrogen) atoms. The number of urea groups is 1.